The second-order valence-corrected chi connectivity index (χ2v) is 5.71. The van der Waals surface area contributed by atoms with E-state index in [4.69, 9.17) is 4.74 Å². The average molecular weight is 313 g/mol. The summed E-state index contributed by atoms with van der Waals surface area (Å²) in [5.74, 6) is 0. The minimum Gasteiger partial charge on any atom is -0.378 e. The quantitative estimate of drug-likeness (QED) is 0.877. The highest BCUT2D eigenvalue weighted by molar-refractivity contribution is 9.10. The molecule has 1 N–H and O–H groups in total. The molecular weight excluding hydrogens is 292 g/mol. The summed E-state index contributed by atoms with van der Waals surface area (Å²) in [5, 5.41) is 3.54. The van der Waals surface area contributed by atoms with Crippen molar-refractivity contribution in [3.63, 3.8) is 0 Å². The predicted molar refractivity (Wildman–Crippen MR) is 76.7 cm³/mol. The maximum atomic E-state index is 5.72. The fraction of sp³-hybridized carbons (Fsp3) is 0.643. The van der Waals surface area contributed by atoms with Gasteiger partial charge in [-0.05, 0) is 53.9 Å². The molecule has 2 atom stereocenters. The summed E-state index contributed by atoms with van der Waals surface area (Å²) < 4.78 is 6.75. The number of likely N-dealkylation sites (N-methyl/N-ethyl adjacent to an activating group) is 1. The zero-order chi connectivity index (χ0) is 12.8. The zero-order valence-corrected chi connectivity index (χ0v) is 12.4. The van der Waals surface area contributed by atoms with Gasteiger partial charge in [0, 0.05) is 35.4 Å². The summed E-state index contributed by atoms with van der Waals surface area (Å²) in [6.07, 6.45) is 6.77. The molecule has 1 aromatic heterocycles. The molecule has 0 amide bonds. The molecule has 0 aliphatic carbocycles. The smallest absolute Gasteiger partial charge is 0.0591 e. The van der Waals surface area contributed by atoms with E-state index in [1.807, 2.05) is 6.20 Å². The molecule has 2 unspecified atom stereocenters. The van der Waals surface area contributed by atoms with Crippen molar-refractivity contribution in [2.45, 2.75) is 44.8 Å². The van der Waals surface area contributed by atoms with E-state index in [0.717, 1.165) is 36.2 Å². The lowest BCUT2D eigenvalue weighted by Crippen LogP contribution is -2.34. The summed E-state index contributed by atoms with van der Waals surface area (Å²) in [7, 11) is 0. The Hall–Kier alpha value is -0.450. The van der Waals surface area contributed by atoms with Crippen molar-refractivity contribution >= 4 is 15.9 Å². The lowest BCUT2D eigenvalue weighted by atomic mass is 10.0. The van der Waals surface area contributed by atoms with Gasteiger partial charge < -0.3 is 10.1 Å². The van der Waals surface area contributed by atoms with E-state index < -0.39 is 0 Å². The Kier molecular flexibility index (Phi) is 5.60. The van der Waals surface area contributed by atoms with E-state index in [1.165, 1.54) is 12.8 Å². The standard InChI is InChI=1S/C14H21BrN2O/c1-2-16-13(9-14-4-3-7-18-14)8-12-6-5-11(15)10-17-12/h5-6,10,13-14,16H,2-4,7-9H2,1H3. The molecule has 1 fully saturated rings. The van der Waals surface area contributed by atoms with Crippen LogP contribution >= 0.6 is 15.9 Å². The fourth-order valence-electron chi connectivity index (χ4n) is 2.45. The highest BCUT2D eigenvalue weighted by Gasteiger charge is 2.20. The van der Waals surface area contributed by atoms with E-state index in [9.17, 15) is 0 Å². The Morgan fingerprint density at radius 2 is 2.44 bits per heavy atom. The number of rotatable bonds is 6. The largest absolute Gasteiger partial charge is 0.378 e. The zero-order valence-electron chi connectivity index (χ0n) is 10.9. The molecule has 0 spiro atoms. The Morgan fingerprint density at radius 1 is 1.56 bits per heavy atom. The maximum absolute atomic E-state index is 5.72. The van der Waals surface area contributed by atoms with Crippen LogP contribution in [0.1, 0.15) is 31.9 Å². The molecule has 2 rings (SSSR count). The first-order chi connectivity index (χ1) is 8.78. The van der Waals surface area contributed by atoms with Crippen LogP contribution in [0.4, 0.5) is 0 Å². The van der Waals surface area contributed by atoms with Gasteiger partial charge in [0.25, 0.3) is 0 Å². The van der Waals surface area contributed by atoms with Gasteiger partial charge in [-0.2, -0.15) is 0 Å². The number of nitrogens with zero attached hydrogens (tertiary/aromatic N) is 1. The third-order valence-corrected chi connectivity index (χ3v) is 3.78. The second-order valence-electron chi connectivity index (χ2n) is 4.80. The summed E-state index contributed by atoms with van der Waals surface area (Å²) >= 11 is 3.42. The number of hydrogen-bond acceptors (Lipinski definition) is 3. The van der Waals surface area contributed by atoms with Gasteiger partial charge in [-0.15, -0.1) is 0 Å². The molecule has 3 nitrogen and oxygen atoms in total. The molecule has 0 saturated carbocycles. The van der Waals surface area contributed by atoms with Gasteiger partial charge in [0.05, 0.1) is 6.10 Å². The number of ether oxygens (including phenoxy) is 1. The van der Waals surface area contributed by atoms with E-state index >= 15 is 0 Å². The van der Waals surface area contributed by atoms with Crippen molar-refractivity contribution in [3.05, 3.63) is 28.5 Å². The SMILES string of the molecule is CCNC(Cc1ccc(Br)cn1)CC1CCCO1. The topological polar surface area (TPSA) is 34.2 Å². The van der Waals surface area contributed by atoms with Gasteiger partial charge >= 0.3 is 0 Å². The van der Waals surface area contributed by atoms with Gasteiger partial charge in [0.2, 0.25) is 0 Å². The Labute approximate surface area is 117 Å². The number of hydrogen-bond donors (Lipinski definition) is 1. The molecule has 100 valence electrons. The molecule has 0 aromatic carbocycles. The molecule has 1 saturated heterocycles. The molecule has 4 heteroatoms. The van der Waals surface area contributed by atoms with Crippen LogP contribution < -0.4 is 5.32 Å². The Balaban J connectivity index is 1.90. The van der Waals surface area contributed by atoms with Crippen LogP contribution in [0, 0.1) is 0 Å². The van der Waals surface area contributed by atoms with Gasteiger partial charge in [-0.25, -0.2) is 0 Å². The molecule has 18 heavy (non-hydrogen) atoms. The third-order valence-electron chi connectivity index (χ3n) is 3.31. The van der Waals surface area contributed by atoms with Crippen LogP contribution in [0.2, 0.25) is 0 Å². The predicted octanol–water partition coefficient (Wildman–Crippen LogP) is 2.93. The first-order valence-electron chi connectivity index (χ1n) is 6.73. The minimum atomic E-state index is 0.435. The molecule has 2 heterocycles. The summed E-state index contributed by atoms with van der Waals surface area (Å²) in [5.41, 5.74) is 1.14. The van der Waals surface area contributed by atoms with Crippen LogP contribution in [-0.2, 0) is 11.2 Å². The monoisotopic (exact) mass is 312 g/mol. The van der Waals surface area contributed by atoms with Gasteiger partial charge in [0.15, 0.2) is 0 Å². The lowest BCUT2D eigenvalue weighted by Gasteiger charge is -2.20. The van der Waals surface area contributed by atoms with Gasteiger partial charge in [-0.1, -0.05) is 6.92 Å². The molecule has 1 aliphatic rings. The first-order valence-corrected chi connectivity index (χ1v) is 7.52. The molecule has 0 bridgehead atoms. The van der Waals surface area contributed by atoms with E-state index in [2.05, 4.69) is 45.3 Å². The van der Waals surface area contributed by atoms with Crippen molar-refractivity contribution in [3.8, 4) is 0 Å². The van der Waals surface area contributed by atoms with E-state index in [1.54, 1.807) is 0 Å². The molecule has 0 radical (unpaired) electrons. The third kappa shape index (κ3) is 4.34. The summed E-state index contributed by atoms with van der Waals surface area (Å²) in [6, 6.07) is 4.60. The second kappa shape index (κ2) is 7.22. The summed E-state index contributed by atoms with van der Waals surface area (Å²) in [4.78, 5) is 4.45. The highest BCUT2D eigenvalue weighted by atomic mass is 79.9. The van der Waals surface area contributed by atoms with Crippen LogP contribution in [0.25, 0.3) is 0 Å². The maximum Gasteiger partial charge on any atom is 0.0591 e. The average Bonchev–Trinajstić information content (AvgIpc) is 2.85. The van der Waals surface area contributed by atoms with Gasteiger partial charge in [-0.3, -0.25) is 4.98 Å². The molecular formula is C14H21BrN2O. The van der Waals surface area contributed by atoms with Gasteiger partial charge in [0.1, 0.15) is 0 Å². The highest BCUT2D eigenvalue weighted by Crippen LogP contribution is 2.18. The van der Waals surface area contributed by atoms with Crippen LogP contribution in [-0.4, -0.2) is 30.3 Å². The van der Waals surface area contributed by atoms with Crippen molar-refractivity contribution in [1.29, 1.82) is 0 Å². The van der Waals surface area contributed by atoms with Crippen molar-refractivity contribution in [1.82, 2.24) is 10.3 Å². The Bertz CT molecular complexity index is 349. The molecule has 1 aliphatic heterocycles. The van der Waals surface area contributed by atoms with Crippen LogP contribution in [0.15, 0.2) is 22.8 Å². The van der Waals surface area contributed by atoms with E-state index in [-0.39, 0.29) is 0 Å². The lowest BCUT2D eigenvalue weighted by molar-refractivity contribution is 0.0947. The van der Waals surface area contributed by atoms with Crippen LogP contribution in [0.5, 0.6) is 0 Å². The first kappa shape index (κ1) is 14.0. The van der Waals surface area contributed by atoms with Crippen molar-refractivity contribution in [2.24, 2.45) is 0 Å². The van der Waals surface area contributed by atoms with Crippen molar-refractivity contribution in [2.75, 3.05) is 13.2 Å². The number of nitrogens with one attached hydrogen (secondary N) is 1. The normalized spacial score (nSPS) is 21.1. The minimum absolute atomic E-state index is 0.435. The number of pyridine rings is 1. The van der Waals surface area contributed by atoms with Crippen LogP contribution in [0.3, 0.4) is 0 Å². The summed E-state index contributed by atoms with van der Waals surface area (Å²) in [6.45, 7) is 4.07. The van der Waals surface area contributed by atoms with Crippen molar-refractivity contribution < 1.29 is 4.74 Å². The van der Waals surface area contributed by atoms with E-state index in [0.29, 0.717) is 12.1 Å². The molecule has 1 aromatic rings. The number of halogens is 1. The number of aromatic nitrogens is 1. The fourth-order valence-corrected chi connectivity index (χ4v) is 2.69. The Morgan fingerprint density at radius 3 is 3.06 bits per heavy atom.